The molecule has 0 fully saturated rings. The van der Waals surface area contributed by atoms with Gasteiger partial charge in [0, 0.05) is 11.2 Å². The zero-order valence-corrected chi connectivity index (χ0v) is 15.6. The number of hydrogen-bond acceptors (Lipinski definition) is 3. The Labute approximate surface area is 156 Å². The number of hydrogen-bond donors (Lipinski definition) is 1. The molecule has 25 heavy (non-hydrogen) atoms. The highest BCUT2D eigenvalue weighted by Crippen LogP contribution is 2.26. The molecule has 2 aromatic carbocycles. The molecule has 1 heterocycles. The minimum atomic E-state index is -3.85. The molecule has 5 nitrogen and oxygen atoms in total. The van der Waals surface area contributed by atoms with Gasteiger partial charge in [0.1, 0.15) is 4.90 Å². The largest absolute Gasteiger partial charge is 0.276 e. The zero-order valence-electron chi connectivity index (χ0n) is 13.3. The summed E-state index contributed by atoms with van der Waals surface area (Å²) in [5, 5.41) is 4.57. The van der Waals surface area contributed by atoms with E-state index in [1.807, 2.05) is 31.2 Å². The molecule has 0 spiro atoms. The normalized spacial score (nSPS) is 11.5. The molecule has 0 saturated heterocycles. The van der Waals surface area contributed by atoms with Crippen molar-refractivity contribution >= 4 is 38.9 Å². The summed E-state index contributed by atoms with van der Waals surface area (Å²) in [6.45, 7) is 2.56. The molecule has 3 rings (SSSR count). The van der Waals surface area contributed by atoms with Crippen molar-refractivity contribution in [3.05, 3.63) is 76.0 Å². The lowest BCUT2D eigenvalue weighted by Gasteiger charge is -2.08. The second kappa shape index (κ2) is 7.07. The minimum absolute atomic E-state index is 0.0760. The van der Waals surface area contributed by atoms with Crippen molar-refractivity contribution in [3.8, 4) is 0 Å². The van der Waals surface area contributed by atoms with Gasteiger partial charge in [-0.05, 0) is 30.7 Å². The van der Waals surface area contributed by atoms with Crippen molar-refractivity contribution in [2.75, 3.05) is 4.72 Å². The van der Waals surface area contributed by atoms with Gasteiger partial charge in [-0.3, -0.25) is 9.40 Å². The first kappa shape index (κ1) is 17.8. The van der Waals surface area contributed by atoms with E-state index in [1.54, 1.807) is 10.9 Å². The van der Waals surface area contributed by atoms with Gasteiger partial charge in [0.2, 0.25) is 0 Å². The van der Waals surface area contributed by atoms with Crippen molar-refractivity contribution in [3.63, 3.8) is 0 Å². The summed E-state index contributed by atoms with van der Waals surface area (Å²) in [7, 11) is -3.85. The van der Waals surface area contributed by atoms with E-state index >= 15 is 0 Å². The van der Waals surface area contributed by atoms with Crippen LogP contribution in [0.5, 0.6) is 0 Å². The number of benzene rings is 2. The molecule has 0 aliphatic carbocycles. The van der Waals surface area contributed by atoms with Crippen LogP contribution in [0.25, 0.3) is 0 Å². The van der Waals surface area contributed by atoms with Crippen molar-refractivity contribution in [2.24, 2.45) is 0 Å². The smallest absolute Gasteiger partial charge is 0.263 e. The van der Waals surface area contributed by atoms with E-state index in [0.29, 0.717) is 17.3 Å². The Balaban J connectivity index is 1.78. The van der Waals surface area contributed by atoms with Gasteiger partial charge in [-0.1, -0.05) is 53.0 Å². The van der Waals surface area contributed by atoms with Crippen LogP contribution in [0.4, 0.5) is 5.69 Å². The zero-order chi connectivity index (χ0) is 18.0. The van der Waals surface area contributed by atoms with Crippen LogP contribution in [0.15, 0.2) is 59.8 Å². The summed E-state index contributed by atoms with van der Waals surface area (Å²) in [6, 6.07) is 12.3. The van der Waals surface area contributed by atoms with Crippen LogP contribution >= 0.6 is 23.2 Å². The molecule has 0 saturated carbocycles. The predicted molar refractivity (Wildman–Crippen MR) is 99.8 cm³/mol. The third-order valence-electron chi connectivity index (χ3n) is 3.53. The quantitative estimate of drug-likeness (QED) is 0.698. The van der Waals surface area contributed by atoms with E-state index in [4.69, 9.17) is 23.2 Å². The molecule has 130 valence electrons. The fraction of sp³-hybridized carbons (Fsp3) is 0.118. The van der Waals surface area contributed by atoms with Gasteiger partial charge < -0.3 is 0 Å². The molecule has 0 aliphatic heterocycles. The number of halogens is 2. The average Bonchev–Trinajstić information content (AvgIpc) is 2.98. The summed E-state index contributed by atoms with van der Waals surface area (Å²) >= 11 is 11.8. The van der Waals surface area contributed by atoms with Gasteiger partial charge in [-0.25, -0.2) is 8.42 Å². The molecule has 1 aromatic heterocycles. The molecule has 0 radical (unpaired) electrons. The standard InChI is InChI=1S/C17H15Cl2N3O2S/c1-12-2-4-13(5-3-12)10-22-11-15(9-20-22)21-25(23,24)17-8-14(18)6-7-16(17)19/h2-9,11,21H,10H2,1H3. The predicted octanol–water partition coefficient (Wildman–Crippen LogP) is 4.35. The number of rotatable bonds is 5. The maximum absolute atomic E-state index is 12.5. The molecule has 3 aromatic rings. The molecule has 0 unspecified atom stereocenters. The topological polar surface area (TPSA) is 64.0 Å². The Morgan fingerprint density at radius 3 is 2.56 bits per heavy atom. The van der Waals surface area contributed by atoms with Gasteiger partial charge in [-0.15, -0.1) is 0 Å². The van der Waals surface area contributed by atoms with Gasteiger partial charge in [0.15, 0.2) is 0 Å². The second-order valence-electron chi connectivity index (χ2n) is 5.59. The molecule has 8 heteroatoms. The van der Waals surface area contributed by atoms with Crippen LogP contribution in [0, 0.1) is 6.92 Å². The molecule has 1 N–H and O–H groups in total. The first-order chi connectivity index (χ1) is 11.8. The lowest BCUT2D eigenvalue weighted by Crippen LogP contribution is -2.13. The van der Waals surface area contributed by atoms with Gasteiger partial charge in [-0.2, -0.15) is 5.10 Å². The van der Waals surface area contributed by atoms with E-state index in [0.717, 1.165) is 5.56 Å². The number of nitrogens with zero attached hydrogens (tertiary/aromatic N) is 2. The van der Waals surface area contributed by atoms with E-state index in [9.17, 15) is 8.42 Å². The lowest BCUT2D eigenvalue weighted by molar-refractivity contribution is 0.601. The van der Waals surface area contributed by atoms with Crippen LogP contribution < -0.4 is 4.72 Å². The van der Waals surface area contributed by atoms with E-state index in [2.05, 4.69) is 9.82 Å². The van der Waals surface area contributed by atoms with E-state index < -0.39 is 10.0 Å². The second-order valence-corrected chi connectivity index (χ2v) is 8.09. The summed E-state index contributed by atoms with van der Waals surface area (Å²) in [5.74, 6) is 0. The molecular weight excluding hydrogens is 381 g/mol. The summed E-state index contributed by atoms with van der Waals surface area (Å²) in [6.07, 6.45) is 3.07. The SMILES string of the molecule is Cc1ccc(Cn2cc(NS(=O)(=O)c3cc(Cl)ccc3Cl)cn2)cc1. The molecular formula is C17H15Cl2N3O2S. The van der Waals surface area contributed by atoms with Crippen LogP contribution in [0.3, 0.4) is 0 Å². The fourth-order valence-corrected chi connectivity index (χ4v) is 4.07. The van der Waals surface area contributed by atoms with Crippen LogP contribution in [0.2, 0.25) is 10.0 Å². The van der Waals surface area contributed by atoms with Crippen molar-refractivity contribution < 1.29 is 8.42 Å². The van der Waals surface area contributed by atoms with Crippen LogP contribution in [-0.2, 0) is 16.6 Å². The fourth-order valence-electron chi connectivity index (χ4n) is 2.28. The first-order valence-electron chi connectivity index (χ1n) is 7.39. The highest BCUT2D eigenvalue weighted by atomic mass is 35.5. The van der Waals surface area contributed by atoms with Crippen molar-refractivity contribution in [1.29, 1.82) is 0 Å². The van der Waals surface area contributed by atoms with Gasteiger partial charge in [0.25, 0.3) is 10.0 Å². The molecule has 0 bridgehead atoms. The Morgan fingerprint density at radius 2 is 1.84 bits per heavy atom. The first-order valence-corrected chi connectivity index (χ1v) is 9.63. The highest BCUT2D eigenvalue weighted by molar-refractivity contribution is 7.92. The third kappa shape index (κ3) is 4.34. The Bertz CT molecular complexity index is 999. The third-order valence-corrected chi connectivity index (χ3v) is 5.63. The van der Waals surface area contributed by atoms with Gasteiger partial charge in [0.05, 0.1) is 23.5 Å². The number of nitrogens with one attached hydrogen (secondary N) is 1. The lowest BCUT2D eigenvalue weighted by atomic mass is 10.1. The Hall–Kier alpha value is -2.02. The molecule has 0 atom stereocenters. The summed E-state index contributed by atoms with van der Waals surface area (Å²) in [5.41, 5.74) is 2.60. The summed E-state index contributed by atoms with van der Waals surface area (Å²) < 4.78 is 29.1. The van der Waals surface area contributed by atoms with Crippen LogP contribution in [-0.4, -0.2) is 18.2 Å². The highest BCUT2D eigenvalue weighted by Gasteiger charge is 2.19. The van der Waals surface area contributed by atoms with E-state index in [1.165, 1.54) is 30.0 Å². The number of aryl methyl sites for hydroxylation is 1. The summed E-state index contributed by atoms with van der Waals surface area (Å²) in [4.78, 5) is -0.0760. The number of anilines is 1. The number of aromatic nitrogens is 2. The number of sulfonamides is 1. The minimum Gasteiger partial charge on any atom is -0.276 e. The maximum Gasteiger partial charge on any atom is 0.263 e. The van der Waals surface area contributed by atoms with E-state index in [-0.39, 0.29) is 9.92 Å². The van der Waals surface area contributed by atoms with Gasteiger partial charge >= 0.3 is 0 Å². The molecule has 0 aliphatic rings. The van der Waals surface area contributed by atoms with Crippen LogP contribution in [0.1, 0.15) is 11.1 Å². The maximum atomic E-state index is 12.5. The Kier molecular flexibility index (Phi) is 5.03. The monoisotopic (exact) mass is 395 g/mol. The average molecular weight is 396 g/mol. The molecule has 0 amide bonds. The Morgan fingerprint density at radius 1 is 1.12 bits per heavy atom. The van der Waals surface area contributed by atoms with Crippen molar-refractivity contribution in [1.82, 2.24) is 9.78 Å². The van der Waals surface area contributed by atoms with Crippen molar-refractivity contribution in [2.45, 2.75) is 18.4 Å².